The van der Waals surface area contributed by atoms with Gasteiger partial charge in [0.05, 0.1) is 17.7 Å². The van der Waals surface area contributed by atoms with Gasteiger partial charge in [0.15, 0.2) is 11.5 Å². The van der Waals surface area contributed by atoms with E-state index in [9.17, 15) is 14.4 Å². The zero-order valence-corrected chi connectivity index (χ0v) is 17.3. The zero-order chi connectivity index (χ0) is 22.5. The van der Waals surface area contributed by atoms with Crippen LogP contribution in [0.15, 0.2) is 54.8 Å². The second kappa shape index (κ2) is 9.36. The van der Waals surface area contributed by atoms with Crippen LogP contribution in [-0.2, 0) is 11.4 Å². The molecule has 2 aromatic rings. The molecule has 0 bridgehead atoms. The van der Waals surface area contributed by atoms with Crippen LogP contribution in [0.4, 0.5) is 4.79 Å². The van der Waals surface area contributed by atoms with Gasteiger partial charge in [-0.05, 0) is 41.5 Å². The lowest BCUT2D eigenvalue weighted by molar-refractivity contribution is -0.122. The number of ether oxygens (including phenoxy) is 2. The third-order valence-electron chi connectivity index (χ3n) is 4.42. The predicted octanol–water partition coefficient (Wildman–Crippen LogP) is 3.70. The van der Waals surface area contributed by atoms with Gasteiger partial charge in [-0.15, -0.1) is 6.58 Å². The maximum Gasteiger partial charge on any atom is 0.335 e. The standard InChI is InChI=1S/C22H19ClN2O6/c1-3-8-25-20(26)17(24-22(25)29)10-14-9-16(23)19(18(11-14)30-2)31-12-13-4-6-15(7-5-13)21(27)28/h3-7,9-11H,1,8,12H2,2H3,(H,24,29)(H,27,28)/b17-10-. The quantitative estimate of drug-likeness (QED) is 0.367. The molecule has 1 fully saturated rings. The minimum atomic E-state index is -1.01. The Balaban J connectivity index is 1.80. The third kappa shape index (κ3) is 4.87. The van der Waals surface area contributed by atoms with Crippen molar-refractivity contribution in [1.29, 1.82) is 0 Å². The second-order valence-corrected chi connectivity index (χ2v) is 6.92. The average molecular weight is 443 g/mol. The summed E-state index contributed by atoms with van der Waals surface area (Å²) in [4.78, 5) is 36.2. The first kappa shape index (κ1) is 21.9. The number of methoxy groups -OCH3 is 1. The van der Waals surface area contributed by atoms with Crippen molar-refractivity contribution in [2.45, 2.75) is 6.61 Å². The second-order valence-electron chi connectivity index (χ2n) is 6.52. The predicted molar refractivity (Wildman–Crippen MR) is 114 cm³/mol. The molecule has 1 saturated heterocycles. The fourth-order valence-corrected chi connectivity index (χ4v) is 3.17. The highest BCUT2D eigenvalue weighted by molar-refractivity contribution is 6.32. The number of carboxylic acid groups (broad SMARTS) is 1. The lowest BCUT2D eigenvalue weighted by Crippen LogP contribution is -2.30. The Bertz CT molecular complexity index is 1080. The summed E-state index contributed by atoms with van der Waals surface area (Å²) in [7, 11) is 1.45. The molecule has 3 rings (SSSR count). The molecule has 0 aromatic heterocycles. The van der Waals surface area contributed by atoms with Crippen molar-refractivity contribution in [2.24, 2.45) is 0 Å². The number of rotatable bonds is 8. The van der Waals surface area contributed by atoms with E-state index in [1.807, 2.05) is 0 Å². The number of carboxylic acids is 1. The monoisotopic (exact) mass is 442 g/mol. The van der Waals surface area contributed by atoms with Crippen molar-refractivity contribution in [2.75, 3.05) is 13.7 Å². The van der Waals surface area contributed by atoms with E-state index in [2.05, 4.69) is 11.9 Å². The number of carbonyl (C=O) groups is 3. The number of amides is 3. The maximum atomic E-state index is 12.3. The molecule has 0 unspecified atom stereocenters. The smallest absolute Gasteiger partial charge is 0.335 e. The SMILES string of the molecule is C=CCN1C(=O)N/C(=C\c2cc(Cl)c(OCc3ccc(C(=O)O)cc3)c(OC)c2)C1=O. The highest BCUT2D eigenvalue weighted by Gasteiger charge is 2.32. The summed E-state index contributed by atoms with van der Waals surface area (Å²) in [5.41, 5.74) is 1.56. The van der Waals surface area contributed by atoms with Crippen LogP contribution < -0.4 is 14.8 Å². The number of hydrogen-bond donors (Lipinski definition) is 2. The number of nitrogens with one attached hydrogen (secondary N) is 1. The Morgan fingerprint density at radius 2 is 1.97 bits per heavy atom. The van der Waals surface area contributed by atoms with E-state index in [-0.39, 0.29) is 29.4 Å². The maximum absolute atomic E-state index is 12.3. The topological polar surface area (TPSA) is 105 Å². The number of benzene rings is 2. The van der Waals surface area contributed by atoms with Crippen LogP contribution in [-0.4, -0.2) is 41.6 Å². The van der Waals surface area contributed by atoms with Gasteiger partial charge in [0.25, 0.3) is 5.91 Å². The van der Waals surface area contributed by atoms with Crippen LogP contribution in [0.1, 0.15) is 21.5 Å². The van der Waals surface area contributed by atoms with E-state index in [0.717, 1.165) is 10.5 Å². The Hall–Kier alpha value is -3.78. The molecular formula is C22H19ClN2O6. The lowest BCUT2D eigenvalue weighted by Gasteiger charge is -2.14. The molecule has 0 spiro atoms. The van der Waals surface area contributed by atoms with Crippen molar-refractivity contribution in [3.05, 3.63) is 76.5 Å². The number of aromatic carboxylic acids is 1. The average Bonchev–Trinajstić information content (AvgIpc) is 3.00. The molecule has 0 radical (unpaired) electrons. The molecule has 1 aliphatic heterocycles. The van der Waals surface area contributed by atoms with Gasteiger partial charge in [-0.1, -0.05) is 29.8 Å². The fourth-order valence-electron chi connectivity index (χ4n) is 2.90. The molecular weight excluding hydrogens is 424 g/mol. The summed E-state index contributed by atoms with van der Waals surface area (Å²) >= 11 is 6.37. The molecule has 31 heavy (non-hydrogen) atoms. The van der Waals surface area contributed by atoms with Crippen molar-refractivity contribution in [1.82, 2.24) is 10.2 Å². The number of nitrogens with zero attached hydrogens (tertiary/aromatic N) is 1. The normalized spacial score (nSPS) is 14.5. The van der Waals surface area contributed by atoms with Crippen molar-refractivity contribution < 1.29 is 29.0 Å². The summed E-state index contributed by atoms with van der Waals surface area (Å²) < 4.78 is 11.1. The molecule has 1 aliphatic rings. The largest absolute Gasteiger partial charge is 0.493 e. The molecule has 2 aromatic carbocycles. The number of carbonyl (C=O) groups excluding carboxylic acids is 2. The van der Waals surface area contributed by atoms with Gasteiger partial charge in [-0.3, -0.25) is 9.69 Å². The van der Waals surface area contributed by atoms with Crippen LogP contribution >= 0.6 is 11.6 Å². The lowest BCUT2D eigenvalue weighted by atomic mass is 10.1. The van der Waals surface area contributed by atoms with E-state index >= 15 is 0 Å². The minimum absolute atomic E-state index is 0.103. The first-order valence-electron chi connectivity index (χ1n) is 9.12. The van der Waals surface area contributed by atoms with E-state index < -0.39 is 17.9 Å². The molecule has 9 heteroatoms. The summed E-state index contributed by atoms with van der Waals surface area (Å²) in [5, 5.41) is 11.7. The van der Waals surface area contributed by atoms with Gasteiger partial charge in [0, 0.05) is 6.54 Å². The van der Waals surface area contributed by atoms with Crippen LogP contribution in [0.25, 0.3) is 6.08 Å². The first-order chi connectivity index (χ1) is 14.8. The van der Waals surface area contributed by atoms with Crippen molar-refractivity contribution in [3.8, 4) is 11.5 Å². The van der Waals surface area contributed by atoms with Gasteiger partial charge in [-0.25, -0.2) is 9.59 Å². The molecule has 0 atom stereocenters. The van der Waals surface area contributed by atoms with Gasteiger partial charge in [0.2, 0.25) is 0 Å². The molecule has 3 amide bonds. The number of hydrogen-bond acceptors (Lipinski definition) is 5. The zero-order valence-electron chi connectivity index (χ0n) is 16.6. The Morgan fingerprint density at radius 3 is 2.58 bits per heavy atom. The van der Waals surface area contributed by atoms with Crippen LogP contribution in [0.2, 0.25) is 5.02 Å². The summed E-state index contributed by atoms with van der Waals surface area (Å²) in [6.07, 6.45) is 2.95. The molecule has 8 nitrogen and oxygen atoms in total. The first-order valence-corrected chi connectivity index (χ1v) is 9.50. The van der Waals surface area contributed by atoms with Gasteiger partial charge < -0.3 is 19.9 Å². The molecule has 0 saturated carbocycles. The summed E-state index contributed by atoms with van der Waals surface area (Å²) in [6, 6.07) is 8.93. The number of halogens is 1. The Morgan fingerprint density at radius 1 is 1.26 bits per heavy atom. The van der Waals surface area contributed by atoms with Crippen LogP contribution in [0, 0.1) is 0 Å². The Labute approximate surface area is 183 Å². The number of imide groups is 1. The molecule has 2 N–H and O–H groups in total. The highest BCUT2D eigenvalue weighted by Crippen LogP contribution is 2.37. The van der Waals surface area contributed by atoms with E-state index in [0.29, 0.717) is 17.1 Å². The van der Waals surface area contributed by atoms with Gasteiger partial charge in [-0.2, -0.15) is 0 Å². The van der Waals surface area contributed by atoms with Crippen LogP contribution in [0.5, 0.6) is 11.5 Å². The molecule has 0 aliphatic carbocycles. The van der Waals surface area contributed by atoms with Crippen molar-refractivity contribution in [3.63, 3.8) is 0 Å². The van der Waals surface area contributed by atoms with Gasteiger partial charge in [0.1, 0.15) is 12.3 Å². The third-order valence-corrected chi connectivity index (χ3v) is 4.70. The molecule has 160 valence electrons. The summed E-state index contributed by atoms with van der Waals surface area (Å²) in [6.45, 7) is 3.77. The number of urea groups is 1. The minimum Gasteiger partial charge on any atom is -0.493 e. The van der Waals surface area contributed by atoms with E-state index in [1.165, 1.54) is 31.4 Å². The van der Waals surface area contributed by atoms with E-state index in [1.54, 1.807) is 24.3 Å². The van der Waals surface area contributed by atoms with Crippen molar-refractivity contribution >= 4 is 35.6 Å². The van der Waals surface area contributed by atoms with Crippen LogP contribution in [0.3, 0.4) is 0 Å². The Kier molecular flexibility index (Phi) is 6.61. The van der Waals surface area contributed by atoms with Gasteiger partial charge >= 0.3 is 12.0 Å². The molecule has 1 heterocycles. The summed E-state index contributed by atoms with van der Waals surface area (Å²) in [5.74, 6) is -0.846. The van der Waals surface area contributed by atoms with E-state index in [4.69, 9.17) is 26.2 Å². The fraction of sp³-hybridized carbons (Fsp3) is 0.136. The highest BCUT2D eigenvalue weighted by atomic mass is 35.5.